The van der Waals surface area contributed by atoms with Gasteiger partial charge in [0.1, 0.15) is 5.84 Å². The molecule has 1 aliphatic rings. The highest BCUT2D eigenvalue weighted by Gasteiger charge is 2.22. The lowest BCUT2D eigenvalue weighted by atomic mass is 9.85. The van der Waals surface area contributed by atoms with Crippen LogP contribution in [0.15, 0.2) is 5.16 Å². The lowest BCUT2D eigenvalue weighted by molar-refractivity contribution is 0.260. The summed E-state index contributed by atoms with van der Waals surface area (Å²) in [5.74, 6) is 0.343. The molecule has 0 aromatic heterocycles. The van der Waals surface area contributed by atoms with Gasteiger partial charge in [0.15, 0.2) is 0 Å². The number of oxime groups is 1. The molecular weight excluding hydrogens is 202 g/mol. The number of likely N-dealkylation sites (tertiary alicyclic amines) is 1. The maximum atomic E-state index is 8.43. The van der Waals surface area contributed by atoms with Crippen molar-refractivity contribution in [3.05, 3.63) is 0 Å². The van der Waals surface area contributed by atoms with Gasteiger partial charge in [0.05, 0.1) is 0 Å². The topological polar surface area (TPSA) is 61.8 Å². The Kier molecular flexibility index (Phi) is 5.06. The molecule has 0 aliphatic carbocycles. The minimum absolute atomic E-state index is 0.343. The second kappa shape index (κ2) is 6.09. The Hall–Kier alpha value is -0.770. The largest absolute Gasteiger partial charge is 0.409 e. The van der Waals surface area contributed by atoms with Crippen LogP contribution in [0.4, 0.5) is 0 Å². The van der Waals surface area contributed by atoms with E-state index in [-0.39, 0.29) is 0 Å². The Morgan fingerprint density at radius 2 is 2.12 bits per heavy atom. The monoisotopic (exact) mass is 227 g/mol. The van der Waals surface area contributed by atoms with E-state index in [0.29, 0.717) is 17.7 Å². The van der Waals surface area contributed by atoms with E-state index >= 15 is 0 Å². The van der Waals surface area contributed by atoms with Crippen molar-refractivity contribution < 1.29 is 5.21 Å². The SMILES string of the molecule is CC1(C)CCCN(CCCC(N)=NO)CC1. The van der Waals surface area contributed by atoms with Crippen molar-refractivity contribution >= 4 is 5.84 Å². The molecule has 0 spiro atoms. The summed E-state index contributed by atoms with van der Waals surface area (Å²) in [5.41, 5.74) is 5.94. The average molecular weight is 227 g/mol. The molecule has 4 heteroatoms. The molecule has 0 aromatic rings. The molecule has 1 rings (SSSR count). The molecule has 1 fully saturated rings. The third-order valence-electron chi connectivity index (χ3n) is 3.47. The van der Waals surface area contributed by atoms with Crippen LogP contribution in [-0.4, -0.2) is 35.6 Å². The van der Waals surface area contributed by atoms with Crippen LogP contribution >= 0.6 is 0 Å². The Labute approximate surface area is 98.5 Å². The van der Waals surface area contributed by atoms with Crippen molar-refractivity contribution in [1.29, 1.82) is 0 Å². The number of rotatable bonds is 4. The van der Waals surface area contributed by atoms with Gasteiger partial charge in [-0.3, -0.25) is 0 Å². The van der Waals surface area contributed by atoms with E-state index in [0.717, 1.165) is 13.0 Å². The van der Waals surface area contributed by atoms with Crippen LogP contribution in [0.3, 0.4) is 0 Å². The van der Waals surface area contributed by atoms with Gasteiger partial charge in [-0.15, -0.1) is 0 Å². The van der Waals surface area contributed by atoms with Crippen LogP contribution in [0.5, 0.6) is 0 Å². The molecule has 0 amide bonds. The number of nitrogens with zero attached hydrogens (tertiary/aromatic N) is 2. The smallest absolute Gasteiger partial charge is 0.139 e. The maximum Gasteiger partial charge on any atom is 0.139 e. The molecule has 0 atom stereocenters. The van der Waals surface area contributed by atoms with Gasteiger partial charge in [-0.1, -0.05) is 19.0 Å². The van der Waals surface area contributed by atoms with Crippen molar-refractivity contribution in [3.63, 3.8) is 0 Å². The van der Waals surface area contributed by atoms with Crippen LogP contribution < -0.4 is 5.73 Å². The molecule has 16 heavy (non-hydrogen) atoms. The number of nitrogens with two attached hydrogens (primary N) is 1. The molecule has 4 nitrogen and oxygen atoms in total. The second-order valence-electron chi connectivity index (χ2n) is 5.55. The zero-order chi connectivity index (χ0) is 12.0. The Bertz CT molecular complexity index is 238. The first-order valence-electron chi connectivity index (χ1n) is 6.22. The van der Waals surface area contributed by atoms with Gasteiger partial charge in [0, 0.05) is 6.42 Å². The zero-order valence-corrected chi connectivity index (χ0v) is 10.6. The quantitative estimate of drug-likeness (QED) is 0.334. The summed E-state index contributed by atoms with van der Waals surface area (Å²) < 4.78 is 0. The van der Waals surface area contributed by atoms with Crippen LogP contribution in [0.1, 0.15) is 46.0 Å². The van der Waals surface area contributed by atoms with Gasteiger partial charge < -0.3 is 15.8 Å². The van der Waals surface area contributed by atoms with E-state index in [4.69, 9.17) is 10.9 Å². The van der Waals surface area contributed by atoms with E-state index in [1.54, 1.807) is 0 Å². The Balaban J connectivity index is 2.23. The van der Waals surface area contributed by atoms with Crippen molar-refractivity contribution in [3.8, 4) is 0 Å². The van der Waals surface area contributed by atoms with Gasteiger partial charge in [-0.2, -0.15) is 0 Å². The first-order valence-corrected chi connectivity index (χ1v) is 6.22. The van der Waals surface area contributed by atoms with Gasteiger partial charge in [0.2, 0.25) is 0 Å². The highest BCUT2D eigenvalue weighted by Crippen LogP contribution is 2.29. The summed E-state index contributed by atoms with van der Waals surface area (Å²) in [6, 6.07) is 0. The first kappa shape index (κ1) is 13.3. The van der Waals surface area contributed by atoms with Crippen LogP contribution in [0.2, 0.25) is 0 Å². The molecule has 0 bridgehead atoms. The third-order valence-corrected chi connectivity index (χ3v) is 3.47. The average Bonchev–Trinajstić information content (AvgIpc) is 2.40. The maximum absolute atomic E-state index is 8.43. The van der Waals surface area contributed by atoms with Crippen molar-refractivity contribution in [2.24, 2.45) is 16.3 Å². The second-order valence-corrected chi connectivity index (χ2v) is 5.55. The molecule has 0 unspecified atom stereocenters. The highest BCUT2D eigenvalue weighted by molar-refractivity contribution is 5.79. The fraction of sp³-hybridized carbons (Fsp3) is 0.917. The predicted octanol–water partition coefficient (Wildman–Crippen LogP) is 2.03. The molecule has 1 heterocycles. The number of hydrogen-bond donors (Lipinski definition) is 2. The molecule has 0 saturated carbocycles. The Morgan fingerprint density at radius 1 is 1.38 bits per heavy atom. The van der Waals surface area contributed by atoms with Crippen LogP contribution in [-0.2, 0) is 0 Å². The minimum atomic E-state index is 0.343. The normalized spacial score (nSPS) is 23.0. The fourth-order valence-corrected chi connectivity index (χ4v) is 2.24. The molecule has 0 radical (unpaired) electrons. The van der Waals surface area contributed by atoms with E-state index in [2.05, 4.69) is 23.9 Å². The van der Waals surface area contributed by atoms with E-state index in [1.807, 2.05) is 0 Å². The summed E-state index contributed by atoms with van der Waals surface area (Å²) in [4.78, 5) is 2.50. The molecule has 1 saturated heterocycles. The van der Waals surface area contributed by atoms with Gasteiger partial charge in [0.25, 0.3) is 0 Å². The molecule has 0 aromatic carbocycles. The minimum Gasteiger partial charge on any atom is -0.409 e. The van der Waals surface area contributed by atoms with Gasteiger partial charge in [-0.25, -0.2) is 0 Å². The van der Waals surface area contributed by atoms with Crippen LogP contribution in [0, 0.1) is 5.41 Å². The summed E-state index contributed by atoms with van der Waals surface area (Å²) in [6.45, 7) is 8.15. The van der Waals surface area contributed by atoms with E-state index in [1.165, 1.54) is 32.4 Å². The van der Waals surface area contributed by atoms with Crippen LogP contribution in [0.25, 0.3) is 0 Å². The van der Waals surface area contributed by atoms with E-state index < -0.39 is 0 Å². The lowest BCUT2D eigenvalue weighted by Gasteiger charge is -2.23. The number of amidine groups is 1. The molecule has 94 valence electrons. The van der Waals surface area contributed by atoms with Gasteiger partial charge >= 0.3 is 0 Å². The molecule has 3 N–H and O–H groups in total. The summed E-state index contributed by atoms with van der Waals surface area (Å²) in [7, 11) is 0. The predicted molar refractivity (Wildman–Crippen MR) is 66.7 cm³/mol. The summed E-state index contributed by atoms with van der Waals surface area (Å²) in [5, 5.41) is 11.4. The third kappa shape index (κ3) is 4.84. The fourth-order valence-electron chi connectivity index (χ4n) is 2.24. The Morgan fingerprint density at radius 3 is 2.81 bits per heavy atom. The molecule has 1 aliphatic heterocycles. The number of hydrogen-bond acceptors (Lipinski definition) is 3. The summed E-state index contributed by atoms with van der Waals surface area (Å²) >= 11 is 0. The van der Waals surface area contributed by atoms with Crippen molar-refractivity contribution in [2.75, 3.05) is 19.6 Å². The van der Waals surface area contributed by atoms with Crippen molar-refractivity contribution in [2.45, 2.75) is 46.0 Å². The standard InChI is InChI=1S/C12H25N3O/c1-12(2)6-4-9-15(10-7-12)8-3-5-11(13)14-16/h16H,3-10H2,1-2H3,(H2,13,14). The van der Waals surface area contributed by atoms with Crippen molar-refractivity contribution in [1.82, 2.24) is 4.90 Å². The highest BCUT2D eigenvalue weighted by atomic mass is 16.4. The van der Waals surface area contributed by atoms with E-state index in [9.17, 15) is 0 Å². The summed E-state index contributed by atoms with van der Waals surface area (Å²) in [6.07, 6.45) is 5.56. The zero-order valence-electron chi connectivity index (χ0n) is 10.6. The lowest BCUT2D eigenvalue weighted by Crippen LogP contribution is -2.27. The van der Waals surface area contributed by atoms with Gasteiger partial charge in [-0.05, 0) is 50.7 Å². The first-order chi connectivity index (χ1) is 7.53. The molecular formula is C12H25N3O.